The molecule has 1 N–H and O–H groups in total. The van der Waals surface area contributed by atoms with Gasteiger partial charge in [0.15, 0.2) is 0 Å². The van der Waals surface area contributed by atoms with Gasteiger partial charge in [-0.1, -0.05) is 19.3 Å². The molecule has 0 aromatic carbocycles. The van der Waals surface area contributed by atoms with Crippen molar-refractivity contribution in [2.45, 2.75) is 58.1 Å². The third-order valence-corrected chi connectivity index (χ3v) is 4.84. The van der Waals surface area contributed by atoms with Gasteiger partial charge in [-0.15, -0.1) is 0 Å². The van der Waals surface area contributed by atoms with Crippen LogP contribution in [-0.4, -0.2) is 53.9 Å². The number of carbonyl (C=O) groups is 1. The van der Waals surface area contributed by atoms with Gasteiger partial charge >= 0.3 is 0 Å². The zero-order valence-electron chi connectivity index (χ0n) is 14.8. The second kappa shape index (κ2) is 7.97. The van der Waals surface area contributed by atoms with E-state index in [2.05, 4.69) is 11.5 Å². The maximum absolute atomic E-state index is 12.7. The van der Waals surface area contributed by atoms with Gasteiger partial charge in [0, 0.05) is 38.1 Å². The van der Waals surface area contributed by atoms with Crippen molar-refractivity contribution in [3.05, 3.63) is 23.0 Å². The Labute approximate surface area is 139 Å². The summed E-state index contributed by atoms with van der Waals surface area (Å²) in [7, 11) is 3.27. The molecule has 1 heterocycles. The summed E-state index contributed by atoms with van der Waals surface area (Å²) < 4.78 is 7.26. The normalized spacial score (nSPS) is 17.3. The number of aliphatic hydroxyl groups excluding tert-OH is 1. The van der Waals surface area contributed by atoms with Crippen LogP contribution in [0.4, 0.5) is 0 Å². The number of amides is 1. The van der Waals surface area contributed by atoms with Crippen molar-refractivity contribution in [3.63, 3.8) is 0 Å². The number of aliphatic hydroxyl groups is 1. The van der Waals surface area contributed by atoms with Crippen molar-refractivity contribution >= 4 is 5.91 Å². The van der Waals surface area contributed by atoms with E-state index in [0.717, 1.165) is 17.0 Å². The first-order chi connectivity index (χ1) is 11.0. The van der Waals surface area contributed by atoms with Crippen molar-refractivity contribution in [1.29, 1.82) is 0 Å². The van der Waals surface area contributed by atoms with Crippen molar-refractivity contribution in [2.75, 3.05) is 27.3 Å². The topological polar surface area (TPSA) is 54.7 Å². The van der Waals surface area contributed by atoms with Gasteiger partial charge in [0.25, 0.3) is 5.91 Å². The molecule has 1 unspecified atom stereocenters. The van der Waals surface area contributed by atoms with E-state index in [1.54, 1.807) is 19.1 Å². The second-order valence-electron chi connectivity index (χ2n) is 6.74. The molecular weight excluding hydrogens is 292 g/mol. The summed E-state index contributed by atoms with van der Waals surface area (Å²) in [5.41, 5.74) is 2.95. The molecule has 0 spiro atoms. The lowest BCUT2D eigenvalue weighted by Gasteiger charge is -2.26. The molecule has 1 fully saturated rings. The van der Waals surface area contributed by atoms with Crippen molar-refractivity contribution in [3.8, 4) is 0 Å². The molecule has 0 radical (unpaired) electrons. The Morgan fingerprint density at radius 3 is 2.65 bits per heavy atom. The van der Waals surface area contributed by atoms with Crippen LogP contribution in [0.3, 0.4) is 0 Å². The molecule has 0 bridgehead atoms. The van der Waals surface area contributed by atoms with Crippen LogP contribution in [0.2, 0.25) is 0 Å². The van der Waals surface area contributed by atoms with Crippen LogP contribution < -0.4 is 0 Å². The molecule has 23 heavy (non-hydrogen) atoms. The molecule has 1 aliphatic carbocycles. The van der Waals surface area contributed by atoms with Gasteiger partial charge in [0.2, 0.25) is 0 Å². The predicted molar refractivity (Wildman–Crippen MR) is 90.9 cm³/mol. The summed E-state index contributed by atoms with van der Waals surface area (Å²) in [5, 5.41) is 9.82. The largest absolute Gasteiger partial charge is 0.389 e. The van der Waals surface area contributed by atoms with E-state index < -0.39 is 6.10 Å². The monoisotopic (exact) mass is 322 g/mol. The number of aromatic nitrogens is 1. The maximum atomic E-state index is 12.7. The summed E-state index contributed by atoms with van der Waals surface area (Å²) in [4.78, 5) is 14.3. The van der Waals surface area contributed by atoms with Crippen LogP contribution >= 0.6 is 0 Å². The van der Waals surface area contributed by atoms with E-state index in [1.807, 2.05) is 13.0 Å². The lowest BCUT2D eigenvalue weighted by Crippen LogP contribution is -2.36. The van der Waals surface area contributed by atoms with E-state index in [1.165, 1.54) is 32.1 Å². The molecule has 2 rings (SSSR count). The first kappa shape index (κ1) is 18.0. The number of ether oxygens (including phenoxy) is 1. The third kappa shape index (κ3) is 4.15. The number of likely N-dealkylation sites (N-methyl/N-ethyl adjacent to an activating group) is 1. The molecule has 1 amide bonds. The van der Waals surface area contributed by atoms with Crippen molar-refractivity contribution in [1.82, 2.24) is 9.47 Å². The van der Waals surface area contributed by atoms with Gasteiger partial charge in [-0.05, 0) is 32.8 Å². The second-order valence-corrected chi connectivity index (χ2v) is 6.74. The van der Waals surface area contributed by atoms with Gasteiger partial charge in [0.05, 0.1) is 18.3 Å². The SMILES string of the molecule is COCC(O)CN(C)C(=O)c1cc(C)n(C2CCCCC2)c1C. The summed E-state index contributed by atoms with van der Waals surface area (Å²) in [5.74, 6) is -0.0321. The lowest BCUT2D eigenvalue weighted by atomic mass is 9.95. The number of nitrogens with zero attached hydrogens (tertiary/aromatic N) is 2. The highest BCUT2D eigenvalue weighted by Crippen LogP contribution is 2.32. The van der Waals surface area contributed by atoms with Crippen molar-refractivity contribution < 1.29 is 14.6 Å². The number of rotatable bonds is 6. The average Bonchev–Trinajstić information content (AvgIpc) is 2.82. The van der Waals surface area contributed by atoms with Crippen LogP contribution in [0.25, 0.3) is 0 Å². The summed E-state index contributed by atoms with van der Waals surface area (Å²) >= 11 is 0. The first-order valence-corrected chi connectivity index (χ1v) is 8.56. The molecule has 1 atom stereocenters. The summed E-state index contributed by atoms with van der Waals surface area (Å²) in [6.45, 7) is 4.63. The number of carbonyl (C=O) groups excluding carboxylic acids is 1. The maximum Gasteiger partial charge on any atom is 0.255 e. The van der Waals surface area contributed by atoms with Crippen LogP contribution in [0, 0.1) is 13.8 Å². The lowest BCUT2D eigenvalue weighted by molar-refractivity contribution is 0.0380. The standard InChI is InChI=1S/C18H30N2O3/c1-13-10-17(18(22)19(3)11-16(21)12-23-4)14(2)20(13)15-8-6-5-7-9-15/h10,15-16,21H,5-9,11-12H2,1-4H3. The number of aryl methyl sites for hydroxylation is 1. The quantitative estimate of drug-likeness (QED) is 0.876. The first-order valence-electron chi connectivity index (χ1n) is 8.56. The molecular formula is C18H30N2O3. The molecule has 1 aliphatic rings. The zero-order valence-corrected chi connectivity index (χ0v) is 14.8. The fourth-order valence-corrected chi connectivity index (χ4v) is 3.74. The van der Waals surface area contributed by atoms with Gasteiger partial charge in [-0.25, -0.2) is 0 Å². The average molecular weight is 322 g/mol. The molecule has 1 aromatic rings. The van der Waals surface area contributed by atoms with Crippen LogP contribution in [0.15, 0.2) is 6.07 Å². The minimum Gasteiger partial charge on any atom is -0.389 e. The Morgan fingerprint density at radius 1 is 1.39 bits per heavy atom. The molecule has 1 aromatic heterocycles. The molecule has 5 heteroatoms. The van der Waals surface area contributed by atoms with E-state index >= 15 is 0 Å². The Morgan fingerprint density at radius 2 is 2.04 bits per heavy atom. The molecule has 0 aliphatic heterocycles. The minimum atomic E-state index is -0.657. The Balaban J connectivity index is 2.14. The zero-order chi connectivity index (χ0) is 17.0. The smallest absolute Gasteiger partial charge is 0.255 e. The molecule has 1 saturated carbocycles. The van der Waals surface area contributed by atoms with Gasteiger partial charge in [-0.2, -0.15) is 0 Å². The summed E-state index contributed by atoms with van der Waals surface area (Å²) in [6.07, 6.45) is 5.61. The molecule has 130 valence electrons. The van der Waals surface area contributed by atoms with Crippen LogP contribution in [0.1, 0.15) is 59.9 Å². The van der Waals surface area contributed by atoms with E-state index in [-0.39, 0.29) is 19.1 Å². The third-order valence-electron chi connectivity index (χ3n) is 4.84. The summed E-state index contributed by atoms with van der Waals surface area (Å²) in [6, 6.07) is 2.51. The molecule has 0 saturated heterocycles. The highest BCUT2D eigenvalue weighted by molar-refractivity contribution is 5.95. The van der Waals surface area contributed by atoms with Gasteiger partial charge < -0.3 is 19.3 Å². The van der Waals surface area contributed by atoms with E-state index in [0.29, 0.717) is 6.04 Å². The molecule has 5 nitrogen and oxygen atoms in total. The highest BCUT2D eigenvalue weighted by atomic mass is 16.5. The highest BCUT2D eigenvalue weighted by Gasteiger charge is 2.24. The van der Waals surface area contributed by atoms with E-state index in [4.69, 9.17) is 4.74 Å². The van der Waals surface area contributed by atoms with E-state index in [9.17, 15) is 9.90 Å². The Kier molecular flexibility index (Phi) is 6.25. The fraction of sp³-hybridized carbons (Fsp3) is 0.722. The van der Waals surface area contributed by atoms with Gasteiger partial charge in [0.1, 0.15) is 0 Å². The fourth-order valence-electron chi connectivity index (χ4n) is 3.74. The Bertz CT molecular complexity index is 533. The van der Waals surface area contributed by atoms with Crippen LogP contribution in [-0.2, 0) is 4.74 Å². The van der Waals surface area contributed by atoms with Crippen molar-refractivity contribution in [2.24, 2.45) is 0 Å². The minimum absolute atomic E-state index is 0.0321. The number of hydrogen-bond acceptors (Lipinski definition) is 3. The number of hydrogen-bond donors (Lipinski definition) is 1. The van der Waals surface area contributed by atoms with Crippen LogP contribution in [0.5, 0.6) is 0 Å². The number of methoxy groups -OCH3 is 1. The predicted octanol–water partition coefficient (Wildman–Crippen LogP) is 2.69. The Hall–Kier alpha value is -1.33. The van der Waals surface area contributed by atoms with Gasteiger partial charge in [-0.3, -0.25) is 4.79 Å².